The number of halogens is 20. The summed E-state index contributed by atoms with van der Waals surface area (Å²) in [5.74, 6) is -71.4. The van der Waals surface area contributed by atoms with Crippen LogP contribution in [0, 0.1) is 126 Å². The predicted octanol–water partition coefficient (Wildman–Crippen LogP) is 7.17. The SMILES string of the molecule is Fc1c(F)c(F)c([B-](c2c(F)c(F)c(F)c(F)c2F)(c2c(F)c(F)c(F)c(F)c2F)c2c(F)c(F)c(F)c(F)c2F)c(F)c1F.O=[N+]([O-])c1cncc[n+]1Cc1ccccc1. The van der Waals surface area contributed by atoms with Crippen molar-refractivity contribution >= 4 is 33.8 Å². The van der Waals surface area contributed by atoms with Crippen molar-refractivity contribution in [3.63, 3.8) is 0 Å². The Morgan fingerprint density at radius 2 is 0.705 bits per heavy atom. The average Bonchev–Trinajstić information content (AvgIpc) is 3.24. The molecule has 0 fully saturated rings. The van der Waals surface area contributed by atoms with Gasteiger partial charge >= 0.3 is 5.82 Å². The third-order valence-electron chi connectivity index (χ3n) is 8.91. The highest BCUT2D eigenvalue weighted by atomic mass is 19.2. The molecule has 26 heteroatoms. The third-order valence-corrected chi connectivity index (χ3v) is 8.91. The van der Waals surface area contributed by atoms with Crippen molar-refractivity contribution < 1.29 is 97.3 Å². The summed E-state index contributed by atoms with van der Waals surface area (Å²) >= 11 is 0. The molecule has 0 aliphatic carbocycles. The molecule has 0 radical (unpaired) electrons. The predicted molar refractivity (Wildman–Crippen MR) is 166 cm³/mol. The van der Waals surface area contributed by atoms with Gasteiger partial charge in [-0.25, -0.2) is 92.8 Å². The van der Waals surface area contributed by atoms with E-state index in [1.54, 1.807) is 10.8 Å². The lowest BCUT2D eigenvalue weighted by Gasteiger charge is -2.44. The van der Waals surface area contributed by atoms with Crippen LogP contribution in [0.15, 0.2) is 48.9 Å². The molecule has 0 aliphatic rings. The van der Waals surface area contributed by atoms with Gasteiger partial charge in [-0.1, -0.05) is 30.3 Å². The Morgan fingerprint density at radius 3 is 0.967 bits per heavy atom. The fourth-order valence-corrected chi connectivity index (χ4v) is 6.32. The Balaban J connectivity index is 0.000000366. The van der Waals surface area contributed by atoms with E-state index in [1.807, 2.05) is 30.3 Å². The zero-order valence-electron chi connectivity index (χ0n) is 28.6. The first-order valence-electron chi connectivity index (χ1n) is 15.7. The van der Waals surface area contributed by atoms with Crippen LogP contribution >= 0.6 is 0 Å². The first-order chi connectivity index (χ1) is 28.5. The van der Waals surface area contributed by atoms with Crippen molar-refractivity contribution in [3.8, 4) is 0 Å². The Hall–Kier alpha value is -6.76. The topological polar surface area (TPSA) is 59.9 Å². The van der Waals surface area contributed by atoms with E-state index in [0.29, 0.717) is 6.54 Å². The molecule has 0 unspecified atom stereocenters. The maximum atomic E-state index is 15.4. The molecule has 1 aromatic heterocycles. The molecule has 1 heterocycles. The number of rotatable bonds is 7. The van der Waals surface area contributed by atoms with Crippen molar-refractivity contribution in [1.29, 1.82) is 0 Å². The molecule has 0 saturated carbocycles. The Bertz CT molecular complexity index is 2390. The zero-order valence-corrected chi connectivity index (χ0v) is 28.6. The van der Waals surface area contributed by atoms with Gasteiger partial charge in [-0.3, -0.25) is 10.1 Å². The molecule has 0 amide bonds. The van der Waals surface area contributed by atoms with Crippen LogP contribution in [0.2, 0.25) is 0 Å². The third kappa shape index (κ3) is 7.11. The lowest BCUT2D eigenvalue weighted by Crippen LogP contribution is -2.81. The smallest absolute Gasteiger partial charge is 0.253 e. The van der Waals surface area contributed by atoms with Crippen LogP contribution in [0.4, 0.5) is 93.6 Å². The summed E-state index contributed by atoms with van der Waals surface area (Å²) in [6, 6.07) is 9.58. The molecule has 6 aromatic rings. The number of hydrogen-bond acceptors (Lipinski definition) is 3. The summed E-state index contributed by atoms with van der Waals surface area (Å²) in [5, 5.41) is 10.8. The molecular weight excluding hydrogens is 885 g/mol. The fraction of sp³-hybridized carbons (Fsp3) is 0.0286. The summed E-state index contributed by atoms with van der Waals surface area (Å²) in [7, 11) is 0. The normalized spacial score (nSPS) is 11.5. The van der Waals surface area contributed by atoms with Crippen LogP contribution in [-0.4, -0.2) is 16.1 Å². The first kappa shape index (κ1) is 45.3. The van der Waals surface area contributed by atoms with Gasteiger partial charge in [-0.15, -0.1) is 26.4 Å². The van der Waals surface area contributed by atoms with Gasteiger partial charge in [-0.05, 0) is 0 Å². The van der Waals surface area contributed by atoms with Gasteiger partial charge in [-0.2, -0.15) is 0 Å². The summed E-state index contributed by atoms with van der Waals surface area (Å²) in [6.45, 7) is 0.472. The zero-order chi connectivity index (χ0) is 45.7. The van der Waals surface area contributed by atoms with Crippen molar-refractivity contribution in [2.45, 2.75) is 6.54 Å². The average molecular weight is 895 g/mol. The lowest BCUT2D eigenvalue weighted by atomic mass is 9.12. The van der Waals surface area contributed by atoms with Crippen LogP contribution in [0.25, 0.3) is 0 Å². The highest BCUT2D eigenvalue weighted by molar-refractivity contribution is 7.20. The second-order valence-corrected chi connectivity index (χ2v) is 12.1. The molecule has 6 rings (SSSR count). The van der Waals surface area contributed by atoms with Gasteiger partial charge in [0, 0.05) is 5.56 Å². The number of nitro groups is 1. The molecule has 0 aliphatic heterocycles. The number of nitrogens with zero attached hydrogens (tertiary/aromatic N) is 3. The number of hydrogen-bond donors (Lipinski definition) is 0. The van der Waals surface area contributed by atoms with Crippen LogP contribution in [0.3, 0.4) is 0 Å². The first-order valence-corrected chi connectivity index (χ1v) is 15.7. The minimum atomic E-state index is -7.22. The van der Waals surface area contributed by atoms with Crippen LogP contribution < -0.4 is 26.4 Å². The van der Waals surface area contributed by atoms with Gasteiger partial charge in [0.15, 0.2) is 88.7 Å². The highest BCUT2D eigenvalue weighted by Gasteiger charge is 2.52. The van der Waals surface area contributed by atoms with E-state index in [-0.39, 0.29) is 5.82 Å². The summed E-state index contributed by atoms with van der Waals surface area (Å²) in [6.07, 6.45) is -2.82. The second-order valence-electron chi connectivity index (χ2n) is 12.1. The summed E-state index contributed by atoms with van der Waals surface area (Å²) < 4.78 is 296. The standard InChI is InChI=1S/C24BF20.C11H10N3O2/c26-5-1(6(27)14(35)21(42)13(5)34)25(2-7(28)15(36)22(43)16(37)8(2)29,3-9(30)17(38)23(44)18(39)10(3)31)4-11(32)19(40)24(45)20(41)12(4)33;15-14(16)11-8-12-6-7-13(11)9-10-4-2-1-3-5-10/h;1-8H,9H2/q-1;+1. The maximum absolute atomic E-state index is 15.4. The molecule has 61 heavy (non-hydrogen) atoms. The van der Waals surface area contributed by atoms with E-state index in [9.17, 15) is 62.8 Å². The van der Waals surface area contributed by atoms with Gasteiger partial charge < -0.3 is 0 Å². The largest absolute Gasteiger partial charge is 0.520 e. The van der Waals surface area contributed by atoms with Crippen molar-refractivity contribution in [2.24, 2.45) is 0 Å². The lowest BCUT2D eigenvalue weighted by molar-refractivity contribution is -0.729. The maximum Gasteiger partial charge on any atom is 0.520 e. The molecule has 320 valence electrons. The van der Waals surface area contributed by atoms with E-state index in [2.05, 4.69) is 4.98 Å². The van der Waals surface area contributed by atoms with E-state index in [1.165, 1.54) is 12.4 Å². The van der Waals surface area contributed by atoms with Gasteiger partial charge in [0.25, 0.3) is 0 Å². The van der Waals surface area contributed by atoms with Crippen LogP contribution in [0.1, 0.15) is 5.56 Å². The molecule has 5 aromatic carbocycles. The number of benzene rings is 5. The summed E-state index contributed by atoms with van der Waals surface area (Å²) in [5.41, 5.74) is -13.3. The quantitative estimate of drug-likeness (QED) is 0.0325. The molecule has 0 atom stereocenters. The van der Waals surface area contributed by atoms with Crippen molar-refractivity contribution in [1.82, 2.24) is 4.98 Å². The Kier molecular flexibility index (Phi) is 12.4. The van der Waals surface area contributed by atoms with E-state index < -0.39 is 149 Å². The van der Waals surface area contributed by atoms with E-state index in [4.69, 9.17) is 0 Å². The van der Waals surface area contributed by atoms with Gasteiger partial charge in [0.2, 0.25) is 0 Å². The van der Waals surface area contributed by atoms with Crippen LogP contribution in [-0.2, 0) is 6.54 Å². The van der Waals surface area contributed by atoms with Gasteiger partial charge in [0.1, 0.15) is 57.6 Å². The fourth-order valence-electron chi connectivity index (χ4n) is 6.32. The minimum Gasteiger partial charge on any atom is -0.253 e. The minimum absolute atomic E-state index is 0.00801. The van der Waals surface area contributed by atoms with Gasteiger partial charge in [0.05, 0.1) is 6.20 Å². The molecule has 0 bridgehead atoms. The van der Waals surface area contributed by atoms with Crippen LogP contribution in [0.5, 0.6) is 0 Å². The van der Waals surface area contributed by atoms with E-state index >= 15 is 35.1 Å². The van der Waals surface area contributed by atoms with Crippen molar-refractivity contribution in [2.75, 3.05) is 0 Å². The highest BCUT2D eigenvalue weighted by Crippen LogP contribution is 2.30. The molecule has 0 saturated heterocycles. The second kappa shape index (κ2) is 16.7. The molecule has 0 spiro atoms. The Morgan fingerprint density at radius 1 is 0.443 bits per heavy atom. The molecule has 0 N–H and O–H groups in total. The molecule has 5 nitrogen and oxygen atoms in total. The van der Waals surface area contributed by atoms with Crippen molar-refractivity contribution in [3.05, 3.63) is 181 Å². The number of aromatic nitrogens is 2. The monoisotopic (exact) mass is 895 g/mol. The summed E-state index contributed by atoms with van der Waals surface area (Å²) in [4.78, 5) is 14.1. The van der Waals surface area contributed by atoms with E-state index in [0.717, 1.165) is 5.56 Å². The molecular formula is C35H10BF20N3O2. The Labute approximate surface area is 323 Å².